The predicted octanol–water partition coefficient (Wildman–Crippen LogP) is 0.958. The molecule has 6 nitrogen and oxygen atoms in total. The Labute approximate surface area is 143 Å². The molecule has 0 radical (unpaired) electrons. The molecule has 0 amide bonds. The van der Waals surface area contributed by atoms with Crippen LogP contribution in [0, 0.1) is 0 Å². The minimum Gasteiger partial charge on any atom is -0.369 e. The third kappa shape index (κ3) is 3.14. The molecule has 1 saturated carbocycles. The normalized spacial score (nSPS) is 30.5. The van der Waals surface area contributed by atoms with Gasteiger partial charge in [-0.3, -0.25) is 11.2 Å². The molecule has 3 aliphatic rings. The zero-order chi connectivity index (χ0) is 16.6. The van der Waals surface area contributed by atoms with Gasteiger partial charge in [0.1, 0.15) is 0 Å². The van der Waals surface area contributed by atoms with Crippen molar-refractivity contribution in [2.75, 3.05) is 0 Å². The van der Waals surface area contributed by atoms with Crippen molar-refractivity contribution in [2.24, 2.45) is 16.5 Å². The third-order valence-electron chi connectivity index (χ3n) is 5.68. The van der Waals surface area contributed by atoms with Gasteiger partial charge >= 0.3 is 0 Å². The predicted molar refractivity (Wildman–Crippen MR) is 96.0 cm³/mol. The number of fused-ring (bicyclic) bond motifs is 1. The number of nitrogens with zero attached hydrogens (tertiary/aromatic N) is 1. The molecule has 6 heteroatoms. The first-order valence-corrected chi connectivity index (χ1v) is 9.18. The molecule has 4 rings (SSSR count). The van der Waals surface area contributed by atoms with E-state index in [1.54, 1.807) is 0 Å². The highest BCUT2D eigenvalue weighted by atomic mass is 15.6. The van der Waals surface area contributed by atoms with Gasteiger partial charge in [0.05, 0.1) is 0 Å². The van der Waals surface area contributed by atoms with Crippen LogP contribution in [-0.4, -0.2) is 18.0 Å². The smallest absolute Gasteiger partial charge is 0.209 e. The average Bonchev–Trinajstić information content (AvgIpc) is 3.15. The molecule has 24 heavy (non-hydrogen) atoms. The van der Waals surface area contributed by atoms with Gasteiger partial charge in [-0.2, -0.15) is 5.43 Å². The van der Waals surface area contributed by atoms with Crippen molar-refractivity contribution in [1.82, 2.24) is 16.2 Å². The van der Waals surface area contributed by atoms with Crippen LogP contribution < -0.4 is 27.6 Å². The second-order valence-corrected chi connectivity index (χ2v) is 7.42. The van der Waals surface area contributed by atoms with Crippen LogP contribution in [0.3, 0.4) is 0 Å². The summed E-state index contributed by atoms with van der Waals surface area (Å²) in [5, 5.41) is 3.89. The first-order valence-electron chi connectivity index (χ1n) is 9.18. The van der Waals surface area contributed by atoms with Gasteiger partial charge in [-0.1, -0.05) is 31.0 Å². The molecule has 1 fully saturated rings. The minimum absolute atomic E-state index is 0.327. The average molecular weight is 328 g/mol. The molecule has 7 N–H and O–H groups in total. The summed E-state index contributed by atoms with van der Waals surface area (Å²) in [6.07, 6.45) is 10.1. The van der Waals surface area contributed by atoms with Crippen LogP contribution in [0.2, 0.25) is 0 Å². The summed E-state index contributed by atoms with van der Waals surface area (Å²) in [6, 6.07) is 7.86. The molecular formula is C18H28N6. The maximum absolute atomic E-state index is 6.33. The van der Waals surface area contributed by atoms with E-state index >= 15 is 0 Å². The van der Waals surface area contributed by atoms with Gasteiger partial charge in [0.25, 0.3) is 0 Å². The van der Waals surface area contributed by atoms with Crippen LogP contribution in [-0.2, 0) is 18.6 Å². The summed E-state index contributed by atoms with van der Waals surface area (Å²) >= 11 is 0. The van der Waals surface area contributed by atoms with Crippen LogP contribution in [0.15, 0.2) is 23.2 Å². The van der Waals surface area contributed by atoms with Gasteiger partial charge in [0, 0.05) is 17.6 Å². The molecule has 0 spiro atoms. The first kappa shape index (κ1) is 15.9. The molecule has 0 bridgehead atoms. The Morgan fingerprint density at radius 3 is 2.46 bits per heavy atom. The highest BCUT2D eigenvalue weighted by molar-refractivity contribution is 5.79. The minimum atomic E-state index is -0.965. The van der Waals surface area contributed by atoms with E-state index in [0.29, 0.717) is 12.0 Å². The third-order valence-corrected chi connectivity index (χ3v) is 5.68. The molecule has 1 aromatic carbocycles. The van der Waals surface area contributed by atoms with E-state index in [9.17, 15) is 0 Å². The van der Waals surface area contributed by atoms with Crippen molar-refractivity contribution < 1.29 is 0 Å². The van der Waals surface area contributed by atoms with E-state index in [0.717, 1.165) is 24.4 Å². The molecule has 2 aliphatic carbocycles. The Hall–Kier alpha value is -1.63. The number of rotatable bonds is 3. The number of nitrogens with two attached hydrogens (primary N) is 2. The van der Waals surface area contributed by atoms with E-state index in [4.69, 9.17) is 11.5 Å². The van der Waals surface area contributed by atoms with Crippen LogP contribution in [0.4, 0.5) is 0 Å². The van der Waals surface area contributed by atoms with E-state index < -0.39 is 5.79 Å². The molecule has 1 aliphatic heterocycles. The number of nitrogens with one attached hydrogen (secondary N) is 3. The SMILES string of the molecule is NC1=NC(N)(c2ccc3c(c2)CCC(NC2CCCC2)CC3)NN1. The first-order chi connectivity index (χ1) is 11.6. The van der Waals surface area contributed by atoms with E-state index in [-0.39, 0.29) is 0 Å². The van der Waals surface area contributed by atoms with Crippen molar-refractivity contribution in [2.45, 2.75) is 69.2 Å². The van der Waals surface area contributed by atoms with Crippen LogP contribution >= 0.6 is 0 Å². The maximum atomic E-state index is 6.33. The lowest BCUT2D eigenvalue weighted by molar-refractivity contribution is 0.374. The van der Waals surface area contributed by atoms with Gasteiger partial charge < -0.3 is 11.1 Å². The number of aryl methyl sites for hydroxylation is 2. The second-order valence-electron chi connectivity index (χ2n) is 7.42. The number of benzene rings is 1. The molecule has 130 valence electrons. The topological polar surface area (TPSA) is 100 Å². The Kier molecular flexibility index (Phi) is 4.20. The quantitative estimate of drug-likeness (QED) is 0.532. The summed E-state index contributed by atoms with van der Waals surface area (Å²) in [5.74, 6) is -0.638. The summed E-state index contributed by atoms with van der Waals surface area (Å²) in [6.45, 7) is 0. The molecule has 2 atom stereocenters. The highest BCUT2D eigenvalue weighted by Gasteiger charge is 2.32. The zero-order valence-corrected chi connectivity index (χ0v) is 14.1. The summed E-state index contributed by atoms with van der Waals surface area (Å²) in [7, 11) is 0. The van der Waals surface area contributed by atoms with Crippen molar-refractivity contribution in [3.05, 3.63) is 34.9 Å². The van der Waals surface area contributed by atoms with E-state index in [2.05, 4.69) is 39.4 Å². The molecule has 1 heterocycles. The Bertz CT molecular complexity index is 636. The fourth-order valence-corrected chi connectivity index (χ4v) is 4.28. The van der Waals surface area contributed by atoms with Gasteiger partial charge in [-0.25, -0.2) is 4.99 Å². The van der Waals surface area contributed by atoms with E-state index in [1.165, 1.54) is 49.7 Å². The summed E-state index contributed by atoms with van der Waals surface area (Å²) in [5.41, 5.74) is 21.6. The van der Waals surface area contributed by atoms with Crippen LogP contribution in [0.1, 0.15) is 55.2 Å². The van der Waals surface area contributed by atoms with Gasteiger partial charge in [0.2, 0.25) is 11.7 Å². The standard InChI is InChI=1S/C18H28N6/c19-17-22-18(20,24-23-17)14-8-5-12-6-9-16(10-7-13(12)11-14)21-15-3-1-2-4-15/h5,8,11,15-16,21,24H,1-4,6-7,9-10,20H2,(H3,19,22,23). The maximum Gasteiger partial charge on any atom is 0.209 e. The van der Waals surface area contributed by atoms with Crippen LogP contribution in [0.5, 0.6) is 0 Å². The lowest BCUT2D eigenvalue weighted by atomic mass is 9.97. The summed E-state index contributed by atoms with van der Waals surface area (Å²) in [4.78, 5) is 4.28. The molecule has 1 aromatic rings. The Morgan fingerprint density at radius 1 is 1.04 bits per heavy atom. The number of aliphatic imine (C=N–C) groups is 1. The molecular weight excluding hydrogens is 300 g/mol. The highest BCUT2D eigenvalue weighted by Crippen LogP contribution is 2.27. The van der Waals surface area contributed by atoms with Gasteiger partial charge in [-0.15, -0.1) is 0 Å². The van der Waals surface area contributed by atoms with Crippen LogP contribution in [0.25, 0.3) is 0 Å². The van der Waals surface area contributed by atoms with Crippen molar-refractivity contribution in [1.29, 1.82) is 0 Å². The molecule has 0 saturated heterocycles. The molecule has 0 aromatic heterocycles. The largest absolute Gasteiger partial charge is 0.369 e. The molecule has 2 unspecified atom stereocenters. The number of hydrogen-bond donors (Lipinski definition) is 5. The lowest BCUT2D eigenvalue weighted by Crippen LogP contribution is -2.50. The lowest BCUT2D eigenvalue weighted by Gasteiger charge is -2.22. The Balaban J connectivity index is 1.47. The number of hydrazine groups is 1. The van der Waals surface area contributed by atoms with Crippen molar-refractivity contribution >= 4 is 5.96 Å². The van der Waals surface area contributed by atoms with Crippen molar-refractivity contribution in [3.8, 4) is 0 Å². The van der Waals surface area contributed by atoms with Gasteiger partial charge in [0.15, 0.2) is 0 Å². The van der Waals surface area contributed by atoms with Gasteiger partial charge in [-0.05, 0) is 49.7 Å². The zero-order valence-electron chi connectivity index (χ0n) is 14.1. The number of guanidine groups is 1. The monoisotopic (exact) mass is 328 g/mol. The Morgan fingerprint density at radius 2 is 1.75 bits per heavy atom. The van der Waals surface area contributed by atoms with E-state index in [1.807, 2.05) is 0 Å². The fourth-order valence-electron chi connectivity index (χ4n) is 4.28. The summed E-state index contributed by atoms with van der Waals surface area (Å²) < 4.78 is 0. The van der Waals surface area contributed by atoms with Crippen molar-refractivity contribution in [3.63, 3.8) is 0 Å². The second kappa shape index (κ2) is 6.35. The fraction of sp³-hybridized carbons (Fsp3) is 0.611. The number of hydrogen-bond acceptors (Lipinski definition) is 6.